The van der Waals surface area contributed by atoms with Crippen LogP contribution in [0.25, 0.3) is 11.1 Å². The number of aliphatic hydroxyl groups excluding tert-OH is 1. The number of nitrogens with one attached hydrogen (secondary N) is 2. The predicted octanol–water partition coefficient (Wildman–Crippen LogP) is 3.70. The summed E-state index contributed by atoms with van der Waals surface area (Å²) in [7, 11) is -3.57. The number of carbonyl (C=O) groups excluding carboxylic acids is 1. The summed E-state index contributed by atoms with van der Waals surface area (Å²) in [5.74, 6) is 0.122. The molecule has 0 unspecified atom stereocenters. The van der Waals surface area contributed by atoms with Gasteiger partial charge in [-0.2, -0.15) is 0 Å². The number of phenolic OH excluding ortho intramolecular Hbond substituents is 1. The molecule has 0 aliphatic heterocycles. The molecule has 9 nitrogen and oxygen atoms in total. The summed E-state index contributed by atoms with van der Waals surface area (Å²) in [6.45, 7) is 4.58. The van der Waals surface area contributed by atoms with Crippen LogP contribution < -0.4 is 14.8 Å². The lowest BCUT2D eigenvalue weighted by molar-refractivity contribution is 0.0526. The molecule has 0 saturated heterocycles. The van der Waals surface area contributed by atoms with Crippen LogP contribution in [-0.4, -0.2) is 56.7 Å². The molecule has 0 heterocycles. The zero-order chi connectivity index (χ0) is 27.0. The van der Waals surface area contributed by atoms with Crippen LogP contribution >= 0.6 is 0 Å². The molecule has 37 heavy (non-hydrogen) atoms. The maximum absolute atomic E-state index is 11.8. The third-order valence-electron chi connectivity index (χ3n) is 5.44. The van der Waals surface area contributed by atoms with E-state index in [1.165, 1.54) is 18.2 Å². The van der Waals surface area contributed by atoms with Crippen molar-refractivity contribution >= 4 is 21.7 Å². The predicted molar refractivity (Wildman–Crippen MR) is 142 cm³/mol. The third kappa shape index (κ3) is 8.49. The highest BCUT2D eigenvalue weighted by Crippen LogP contribution is 2.28. The Bertz CT molecular complexity index is 1290. The molecule has 0 spiro atoms. The molecule has 0 amide bonds. The molecule has 3 aromatic rings. The summed E-state index contributed by atoms with van der Waals surface area (Å²) in [4.78, 5) is 11.8. The smallest absolute Gasteiger partial charge is 0.338 e. The van der Waals surface area contributed by atoms with Gasteiger partial charge in [-0.15, -0.1) is 0 Å². The minimum Gasteiger partial charge on any atom is -0.506 e. The van der Waals surface area contributed by atoms with E-state index < -0.39 is 16.1 Å². The minimum atomic E-state index is -3.57. The first kappa shape index (κ1) is 28.0. The van der Waals surface area contributed by atoms with Gasteiger partial charge >= 0.3 is 5.97 Å². The molecule has 0 saturated carbocycles. The molecule has 3 rings (SSSR count). The molecule has 0 fully saturated rings. The fourth-order valence-corrected chi connectivity index (χ4v) is 4.07. The molecule has 198 valence electrons. The fourth-order valence-electron chi connectivity index (χ4n) is 3.51. The average Bonchev–Trinajstić information content (AvgIpc) is 2.87. The van der Waals surface area contributed by atoms with Crippen LogP contribution in [0.15, 0.2) is 66.7 Å². The van der Waals surface area contributed by atoms with Crippen LogP contribution in [0.1, 0.15) is 35.9 Å². The van der Waals surface area contributed by atoms with Gasteiger partial charge in [0.25, 0.3) is 0 Å². The highest BCUT2D eigenvalue weighted by atomic mass is 32.2. The number of aliphatic hydroxyl groups is 1. The topological polar surface area (TPSA) is 134 Å². The molecular formula is C27H32N2O7S. The number of hydrogen-bond acceptors (Lipinski definition) is 8. The average molecular weight is 529 g/mol. The maximum atomic E-state index is 11.8. The highest BCUT2D eigenvalue weighted by Gasteiger charge is 2.14. The van der Waals surface area contributed by atoms with Gasteiger partial charge in [-0.3, -0.25) is 4.72 Å². The zero-order valence-corrected chi connectivity index (χ0v) is 21.8. The second kappa shape index (κ2) is 12.6. The Labute approximate surface area is 217 Å². The van der Waals surface area contributed by atoms with Gasteiger partial charge < -0.3 is 25.0 Å². The van der Waals surface area contributed by atoms with E-state index in [0.717, 1.165) is 17.4 Å². The van der Waals surface area contributed by atoms with E-state index in [9.17, 15) is 23.4 Å². The Morgan fingerprint density at radius 2 is 1.62 bits per heavy atom. The normalized spacial score (nSPS) is 13.0. The molecule has 2 atom stereocenters. The van der Waals surface area contributed by atoms with Crippen molar-refractivity contribution in [2.45, 2.75) is 26.0 Å². The van der Waals surface area contributed by atoms with Crippen molar-refractivity contribution in [3.63, 3.8) is 0 Å². The van der Waals surface area contributed by atoms with Gasteiger partial charge in [-0.1, -0.05) is 30.3 Å². The number of benzene rings is 3. The van der Waals surface area contributed by atoms with Crippen molar-refractivity contribution in [2.24, 2.45) is 0 Å². The third-order valence-corrected chi connectivity index (χ3v) is 6.03. The molecular weight excluding hydrogens is 496 g/mol. The summed E-state index contributed by atoms with van der Waals surface area (Å²) >= 11 is 0. The van der Waals surface area contributed by atoms with Crippen molar-refractivity contribution in [2.75, 3.05) is 30.7 Å². The number of ether oxygens (including phenoxy) is 2. The number of hydrogen-bond donors (Lipinski definition) is 4. The Kier molecular flexibility index (Phi) is 9.51. The van der Waals surface area contributed by atoms with Crippen molar-refractivity contribution in [1.29, 1.82) is 0 Å². The van der Waals surface area contributed by atoms with Gasteiger partial charge in [-0.05, 0) is 66.9 Å². The second-order valence-corrected chi connectivity index (χ2v) is 10.4. The van der Waals surface area contributed by atoms with Crippen LogP contribution in [-0.2, 0) is 14.8 Å². The quantitative estimate of drug-likeness (QED) is 0.207. The van der Waals surface area contributed by atoms with Gasteiger partial charge in [0.2, 0.25) is 10.0 Å². The number of sulfonamides is 1. The highest BCUT2D eigenvalue weighted by molar-refractivity contribution is 7.92. The summed E-state index contributed by atoms with van der Waals surface area (Å²) in [6.07, 6.45) is 0.0643. The molecule has 0 aliphatic carbocycles. The Morgan fingerprint density at radius 3 is 2.22 bits per heavy atom. The van der Waals surface area contributed by atoms with Gasteiger partial charge in [0, 0.05) is 12.6 Å². The molecule has 0 aromatic heterocycles. The summed E-state index contributed by atoms with van der Waals surface area (Å²) in [6, 6.07) is 19.0. The molecule has 10 heteroatoms. The van der Waals surface area contributed by atoms with E-state index in [1.807, 2.05) is 43.3 Å². The van der Waals surface area contributed by atoms with E-state index in [2.05, 4.69) is 10.0 Å². The number of esters is 1. The van der Waals surface area contributed by atoms with Crippen molar-refractivity contribution in [3.8, 4) is 22.6 Å². The van der Waals surface area contributed by atoms with E-state index >= 15 is 0 Å². The van der Waals surface area contributed by atoms with E-state index in [4.69, 9.17) is 9.47 Å². The number of anilines is 1. The van der Waals surface area contributed by atoms with Gasteiger partial charge in [-0.25, -0.2) is 13.2 Å². The summed E-state index contributed by atoms with van der Waals surface area (Å²) < 4.78 is 36.0. The molecule has 0 bridgehead atoms. The Morgan fingerprint density at radius 1 is 1.00 bits per heavy atom. The Balaban J connectivity index is 1.49. The largest absolute Gasteiger partial charge is 0.506 e. The fraction of sp³-hybridized carbons (Fsp3) is 0.296. The van der Waals surface area contributed by atoms with Gasteiger partial charge in [0.15, 0.2) is 0 Å². The number of rotatable bonds is 12. The van der Waals surface area contributed by atoms with Crippen molar-refractivity contribution in [1.82, 2.24) is 5.32 Å². The first-order chi connectivity index (χ1) is 17.6. The summed E-state index contributed by atoms with van der Waals surface area (Å²) in [5, 5.41) is 23.5. The first-order valence-corrected chi connectivity index (χ1v) is 13.7. The van der Waals surface area contributed by atoms with Gasteiger partial charge in [0.1, 0.15) is 18.1 Å². The number of aromatic hydroxyl groups is 1. The van der Waals surface area contributed by atoms with Crippen LogP contribution in [0.2, 0.25) is 0 Å². The van der Waals surface area contributed by atoms with E-state index in [-0.39, 0.29) is 30.0 Å². The van der Waals surface area contributed by atoms with Gasteiger partial charge in [0.05, 0.1) is 30.2 Å². The molecule has 0 aliphatic rings. The maximum Gasteiger partial charge on any atom is 0.338 e. The van der Waals surface area contributed by atoms with E-state index in [0.29, 0.717) is 30.1 Å². The number of carbonyl (C=O) groups is 1. The lowest BCUT2D eigenvalue weighted by atomic mass is 10.0. The molecule has 0 radical (unpaired) electrons. The summed E-state index contributed by atoms with van der Waals surface area (Å²) in [5.41, 5.74) is 2.92. The standard InChI is InChI=1S/C27H32N2O7S/c1-4-35-27(32)21-7-5-19(6-8-21)20-9-12-23(13-10-20)36-17-18(2)28-16-26(31)22-11-14-25(30)24(15-22)29-37(3,33)34/h5-15,18,26,28-31H,4,16-17H2,1-3H3/t18-,26+/m1/s1. The molecule has 4 N–H and O–H groups in total. The van der Waals surface area contributed by atoms with Crippen LogP contribution in [0.3, 0.4) is 0 Å². The lowest BCUT2D eigenvalue weighted by Crippen LogP contribution is -2.34. The van der Waals surface area contributed by atoms with E-state index in [1.54, 1.807) is 19.1 Å². The van der Waals surface area contributed by atoms with Crippen LogP contribution in [0.5, 0.6) is 11.5 Å². The van der Waals surface area contributed by atoms with Crippen LogP contribution in [0.4, 0.5) is 5.69 Å². The van der Waals surface area contributed by atoms with Crippen molar-refractivity contribution < 1.29 is 32.9 Å². The first-order valence-electron chi connectivity index (χ1n) is 11.8. The van der Waals surface area contributed by atoms with Crippen LogP contribution in [0, 0.1) is 0 Å². The SMILES string of the molecule is CCOC(=O)c1ccc(-c2ccc(OC[C@@H](C)NC[C@H](O)c3ccc(O)c(NS(C)(=O)=O)c3)cc2)cc1. The number of phenols is 1. The monoisotopic (exact) mass is 528 g/mol. The lowest BCUT2D eigenvalue weighted by Gasteiger charge is -2.19. The zero-order valence-electron chi connectivity index (χ0n) is 21.0. The second-order valence-electron chi connectivity index (χ2n) is 8.61. The Hall–Kier alpha value is -3.60. The van der Waals surface area contributed by atoms with Crippen molar-refractivity contribution in [3.05, 3.63) is 77.9 Å². The minimum absolute atomic E-state index is 0.00817. The molecule has 3 aromatic carbocycles.